The standard InChI is InChI=1S/C14H14F2N2O4S.ClH/c1-21-10-6-8(2-3-9(10)22-13(15)16)7-11-12(19)18(5-4-17)14(20)23-11;/h2-3,6-7,13H,4-5,17H2,1H3;1H. The summed E-state index contributed by atoms with van der Waals surface area (Å²) >= 11 is 0.796. The van der Waals surface area contributed by atoms with Crippen LogP contribution in [0.15, 0.2) is 23.1 Å². The minimum atomic E-state index is -2.97. The van der Waals surface area contributed by atoms with Gasteiger partial charge < -0.3 is 15.2 Å². The molecule has 0 aromatic heterocycles. The zero-order valence-corrected chi connectivity index (χ0v) is 14.2. The number of hydrogen-bond donors (Lipinski definition) is 1. The van der Waals surface area contributed by atoms with E-state index in [2.05, 4.69) is 4.74 Å². The van der Waals surface area contributed by atoms with Gasteiger partial charge in [0.2, 0.25) is 0 Å². The number of carbonyl (C=O) groups is 2. The highest BCUT2D eigenvalue weighted by molar-refractivity contribution is 8.18. The van der Waals surface area contributed by atoms with E-state index in [-0.39, 0.29) is 41.9 Å². The molecule has 6 nitrogen and oxygen atoms in total. The van der Waals surface area contributed by atoms with Crippen molar-refractivity contribution in [1.29, 1.82) is 0 Å². The first-order valence-electron chi connectivity index (χ1n) is 6.54. The zero-order valence-electron chi connectivity index (χ0n) is 12.5. The van der Waals surface area contributed by atoms with Crippen molar-refractivity contribution in [2.24, 2.45) is 5.73 Å². The van der Waals surface area contributed by atoms with E-state index in [1.807, 2.05) is 0 Å². The van der Waals surface area contributed by atoms with Crippen LogP contribution in [0.1, 0.15) is 5.56 Å². The molecular formula is C14H15ClF2N2O4S. The highest BCUT2D eigenvalue weighted by Crippen LogP contribution is 2.34. The molecule has 1 saturated heterocycles. The number of imide groups is 1. The van der Waals surface area contributed by atoms with Crippen molar-refractivity contribution in [3.8, 4) is 11.5 Å². The number of nitrogens with two attached hydrogens (primary N) is 1. The molecule has 0 atom stereocenters. The van der Waals surface area contributed by atoms with Crippen molar-refractivity contribution in [2.45, 2.75) is 6.61 Å². The minimum absolute atomic E-state index is 0. The van der Waals surface area contributed by atoms with Gasteiger partial charge in [0.15, 0.2) is 11.5 Å². The summed E-state index contributed by atoms with van der Waals surface area (Å²) in [6.07, 6.45) is 1.48. The van der Waals surface area contributed by atoms with Gasteiger partial charge in [0.1, 0.15) is 0 Å². The number of methoxy groups -OCH3 is 1. The molecule has 0 aliphatic carbocycles. The van der Waals surface area contributed by atoms with Crippen LogP contribution in [-0.4, -0.2) is 42.9 Å². The quantitative estimate of drug-likeness (QED) is 0.764. The molecular weight excluding hydrogens is 366 g/mol. The van der Waals surface area contributed by atoms with Gasteiger partial charge in [-0.2, -0.15) is 8.78 Å². The van der Waals surface area contributed by atoms with Gasteiger partial charge in [0, 0.05) is 13.1 Å². The van der Waals surface area contributed by atoms with Crippen molar-refractivity contribution in [1.82, 2.24) is 4.90 Å². The van der Waals surface area contributed by atoms with Gasteiger partial charge in [0.25, 0.3) is 11.1 Å². The fourth-order valence-corrected chi connectivity index (χ4v) is 2.81. The Balaban J connectivity index is 0.00000288. The fourth-order valence-electron chi connectivity index (χ4n) is 1.94. The molecule has 1 aliphatic heterocycles. The monoisotopic (exact) mass is 380 g/mol. The summed E-state index contributed by atoms with van der Waals surface area (Å²) in [6, 6.07) is 4.23. The van der Waals surface area contributed by atoms with E-state index in [0.717, 1.165) is 16.7 Å². The number of nitrogens with zero attached hydrogens (tertiary/aromatic N) is 1. The number of hydrogen-bond acceptors (Lipinski definition) is 6. The Labute approximate surface area is 147 Å². The van der Waals surface area contributed by atoms with Crippen molar-refractivity contribution in [3.05, 3.63) is 28.7 Å². The highest BCUT2D eigenvalue weighted by Gasteiger charge is 2.34. The van der Waals surface area contributed by atoms with Gasteiger partial charge in [0.05, 0.1) is 12.0 Å². The van der Waals surface area contributed by atoms with Crippen molar-refractivity contribution in [3.63, 3.8) is 0 Å². The van der Waals surface area contributed by atoms with Gasteiger partial charge in [-0.3, -0.25) is 14.5 Å². The first-order chi connectivity index (χ1) is 11.0. The second-order valence-corrected chi connectivity index (χ2v) is 5.40. The molecule has 1 aromatic rings. The Morgan fingerprint density at radius 2 is 2.04 bits per heavy atom. The number of benzene rings is 1. The number of amides is 2. The Morgan fingerprint density at radius 3 is 2.62 bits per heavy atom. The van der Waals surface area contributed by atoms with Crippen LogP contribution in [-0.2, 0) is 4.79 Å². The average molecular weight is 381 g/mol. The van der Waals surface area contributed by atoms with Gasteiger partial charge in [-0.05, 0) is 35.5 Å². The highest BCUT2D eigenvalue weighted by atomic mass is 35.5. The molecule has 24 heavy (non-hydrogen) atoms. The molecule has 1 aromatic carbocycles. The van der Waals surface area contributed by atoms with Crippen LogP contribution in [0.3, 0.4) is 0 Å². The van der Waals surface area contributed by atoms with E-state index in [1.165, 1.54) is 31.4 Å². The minimum Gasteiger partial charge on any atom is -0.493 e. The predicted octanol–water partition coefficient (Wildman–Crippen LogP) is 2.71. The number of rotatable bonds is 6. The lowest BCUT2D eigenvalue weighted by Crippen LogP contribution is -2.33. The SMILES string of the molecule is COc1cc(C=C2SC(=O)N(CCN)C2=O)ccc1OC(F)F.Cl. The third-order valence-corrected chi connectivity index (χ3v) is 3.84. The molecule has 1 fully saturated rings. The molecule has 0 unspecified atom stereocenters. The zero-order chi connectivity index (χ0) is 17.0. The Kier molecular flexibility index (Phi) is 7.46. The first-order valence-corrected chi connectivity index (χ1v) is 7.36. The van der Waals surface area contributed by atoms with Crippen molar-refractivity contribution >= 4 is 41.4 Å². The number of alkyl halides is 2. The van der Waals surface area contributed by atoms with Crippen LogP contribution in [0, 0.1) is 0 Å². The molecule has 2 amide bonds. The second kappa shape index (κ2) is 8.86. The van der Waals surface area contributed by atoms with E-state index in [0.29, 0.717) is 5.56 Å². The molecule has 1 aliphatic rings. The lowest BCUT2D eigenvalue weighted by atomic mass is 10.2. The third-order valence-electron chi connectivity index (χ3n) is 2.93. The topological polar surface area (TPSA) is 81.9 Å². The molecule has 0 spiro atoms. The molecule has 1 heterocycles. The van der Waals surface area contributed by atoms with Gasteiger partial charge in [-0.1, -0.05) is 6.07 Å². The molecule has 2 N–H and O–H groups in total. The van der Waals surface area contributed by atoms with Crippen LogP contribution < -0.4 is 15.2 Å². The summed E-state index contributed by atoms with van der Waals surface area (Å²) in [6.45, 7) is -2.65. The van der Waals surface area contributed by atoms with Gasteiger partial charge in [-0.15, -0.1) is 12.4 Å². The molecule has 0 saturated carbocycles. The van der Waals surface area contributed by atoms with Crippen LogP contribution in [0.25, 0.3) is 6.08 Å². The van der Waals surface area contributed by atoms with E-state index < -0.39 is 17.8 Å². The lowest BCUT2D eigenvalue weighted by molar-refractivity contribution is -0.122. The largest absolute Gasteiger partial charge is 0.493 e. The Hall–Kier alpha value is -1.84. The van der Waals surface area contributed by atoms with Crippen molar-refractivity contribution in [2.75, 3.05) is 20.2 Å². The maximum absolute atomic E-state index is 12.3. The van der Waals surface area contributed by atoms with E-state index >= 15 is 0 Å². The number of thioether (sulfide) groups is 1. The smallest absolute Gasteiger partial charge is 0.387 e. The van der Waals surface area contributed by atoms with Crippen LogP contribution in [0.2, 0.25) is 0 Å². The fraction of sp³-hybridized carbons (Fsp3) is 0.286. The maximum atomic E-state index is 12.3. The van der Waals surface area contributed by atoms with E-state index in [1.54, 1.807) is 0 Å². The number of halogens is 3. The van der Waals surface area contributed by atoms with Gasteiger partial charge >= 0.3 is 6.61 Å². The predicted molar refractivity (Wildman–Crippen MR) is 88.6 cm³/mol. The first kappa shape index (κ1) is 20.2. The molecule has 132 valence electrons. The van der Waals surface area contributed by atoms with Crippen LogP contribution >= 0.6 is 24.2 Å². The summed E-state index contributed by atoms with van der Waals surface area (Å²) in [5.41, 5.74) is 5.87. The Bertz CT molecular complexity index is 658. The van der Waals surface area contributed by atoms with Crippen LogP contribution in [0.5, 0.6) is 11.5 Å². The maximum Gasteiger partial charge on any atom is 0.387 e. The normalized spacial score (nSPS) is 15.9. The summed E-state index contributed by atoms with van der Waals surface area (Å²) in [5, 5.41) is -0.392. The average Bonchev–Trinajstić information content (AvgIpc) is 2.76. The summed E-state index contributed by atoms with van der Waals surface area (Å²) in [5.74, 6) is -0.451. The molecule has 2 rings (SSSR count). The van der Waals surface area contributed by atoms with E-state index in [9.17, 15) is 18.4 Å². The van der Waals surface area contributed by atoms with E-state index in [4.69, 9.17) is 10.5 Å². The van der Waals surface area contributed by atoms with Crippen LogP contribution in [0.4, 0.5) is 13.6 Å². The second-order valence-electron chi connectivity index (χ2n) is 4.41. The van der Waals surface area contributed by atoms with Crippen molar-refractivity contribution < 1.29 is 27.8 Å². The Morgan fingerprint density at radius 1 is 1.33 bits per heavy atom. The molecule has 10 heteroatoms. The molecule has 0 bridgehead atoms. The summed E-state index contributed by atoms with van der Waals surface area (Å²) in [4.78, 5) is 25.1. The van der Waals surface area contributed by atoms with Gasteiger partial charge in [-0.25, -0.2) is 0 Å². The lowest BCUT2D eigenvalue weighted by Gasteiger charge is -2.10. The third kappa shape index (κ3) is 4.59. The summed E-state index contributed by atoms with van der Waals surface area (Å²) < 4.78 is 33.9. The number of carbonyl (C=O) groups excluding carboxylic acids is 2. The summed E-state index contributed by atoms with van der Waals surface area (Å²) in [7, 11) is 1.31. The molecule has 0 radical (unpaired) electrons. The number of ether oxygens (including phenoxy) is 2.